The molecule has 0 aliphatic rings. The second kappa shape index (κ2) is 9.50. The Bertz CT molecular complexity index is 417. The maximum atomic E-state index is 6.11. The van der Waals surface area contributed by atoms with Gasteiger partial charge < -0.3 is 20.1 Å². The van der Waals surface area contributed by atoms with Crippen LogP contribution in [0.25, 0.3) is 0 Å². The minimum absolute atomic E-state index is 0.589. The van der Waals surface area contributed by atoms with E-state index in [0.29, 0.717) is 24.7 Å². The smallest absolute Gasteiger partial charge is 0.184 e. The molecule has 0 unspecified atom stereocenters. The van der Waals surface area contributed by atoms with Gasteiger partial charge in [0, 0.05) is 0 Å². The Morgan fingerprint density at radius 2 is 1.67 bits per heavy atom. The maximum absolute atomic E-state index is 6.11. The molecule has 0 saturated carbocycles. The Hall–Kier alpha value is -1.42. The molecule has 1 rings (SSSR count). The minimum atomic E-state index is 0.589. The van der Waals surface area contributed by atoms with Gasteiger partial charge in [0.05, 0.1) is 18.9 Å². The molecule has 0 fully saturated rings. The first-order valence-electron chi connectivity index (χ1n) is 8.06. The highest BCUT2D eigenvalue weighted by Crippen LogP contribution is 2.35. The van der Waals surface area contributed by atoms with E-state index in [-0.39, 0.29) is 0 Å². The predicted molar refractivity (Wildman–Crippen MR) is 89.3 cm³/mol. The molecule has 2 N–H and O–H groups in total. The summed E-state index contributed by atoms with van der Waals surface area (Å²) in [4.78, 5) is 2.43. The van der Waals surface area contributed by atoms with Crippen LogP contribution < -0.4 is 15.2 Å². The van der Waals surface area contributed by atoms with Crippen molar-refractivity contribution in [1.82, 2.24) is 4.90 Å². The van der Waals surface area contributed by atoms with Crippen molar-refractivity contribution in [3.8, 4) is 11.5 Å². The molecule has 0 saturated heterocycles. The number of hydrogen-bond acceptors (Lipinski definition) is 4. The van der Waals surface area contributed by atoms with E-state index in [2.05, 4.69) is 24.8 Å². The summed E-state index contributed by atoms with van der Waals surface area (Å²) >= 11 is 0. The molecule has 120 valence electrons. The fourth-order valence-corrected chi connectivity index (χ4v) is 2.44. The molecule has 0 amide bonds. The number of anilines is 1. The van der Waals surface area contributed by atoms with Crippen LogP contribution in [0.15, 0.2) is 12.1 Å². The lowest BCUT2D eigenvalue weighted by Crippen LogP contribution is -2.24. The summed E-state index contributed by atoms with van der Waals surface area (Å²) in [6.07, 6.45) is 2.13. The van der Waals surface area contributed by atoms with Crippen LogP contribution in [-0.4, -0.2) is 37.7 Å². The van der Waals surface area contributed by atoms with Gasteiger partial charge in [0.2, 0.25) is 0 Å². The third-order valence-electron chi connectivity index (χ3n) is 3.57. The molecule has 0 aliphatic carbocycles. The van der Waals surface area contributed by atoms with Crippen molar-refractivity contribution in [2.24, 2.45) is 0 Å². The Kier molecular flexibility index (Phi) is 7.98. The van der Waals surface area contributed by atoms with Gasteiger partial charge in [0.1, 0.15) is 0 Å². The van der Waals surface area contributed by atoms with Crippen molar-refractivity contribution in [3.05, 3.63) is 17.7 Å². The molecular formula is C17H30N2O2. The van der Waals surface area contributed by atoms with Crippen LogP contribution in [0.2, 0.25) is 0 Å². The van der Waals surface area contributed by atoms with E-state index < -0.39 is 0 Å². The van der Waals surface area contributed by atoms with E-state index in [4.69, 9.17) is 15.2 Å². The highest BCUT2D eigenvalue weighted by atomic mass is 16.5. The predicted octanol–water partition coefficient (Wildman–Crippen LogP) is 3.34. The number of benzene rings is 1. The van der Waals surface area contributed by atoms with Gasteiger partial charge in [0.25, 0.3) is 0 Å². The summed E-state index contributed by atoms with van der Waals surface area (Å²) in [6.45, 7) is 12.8. The van der Waals surface area contributed by atoms with Gasteiger partial charge in [-0.05, 0) is 64.0 Å². The number of aryl methyl sites for hydroxylation is 1. The Labute approximate surface area is 129 Å². The van der Waals surface area contributed by atoms with Crippen LogP contribution in [0.5, 0.6) is 11.5 Å². The third-order valence-corrected chi connectivity index (χ3v) is 3.57. The molecule has 0 radical (unpaired) electrons. The highest BCUT2D eigenvalue weighted by molar-refractivity contribution is 5.62. The average molecular weight is 294 g/mol. The van der Waals surface area contributed by atoms with Gasteiger partial charge in [-0.2, -0.15) is 0 Å². The van der Waals surface area contributed by atoms with E-state index in [9.17, 15) is 0 Å². The zero-order valence-electron chi connectivity index (χ0n) is 13.9. The van der Waals surface area contributed by atoms with Crippen LogP contribution in [0.1, 0.15) is 39.7 Å². The monoisotopic (exact) mass is 294 g/mol. The topological polar surface area (TPSA) is 47.7 Å². The van der Waals surface area contributed by atoms with Gasteiger partial charge >= 0.3 is 0 Å². The molecule has 4 nitrogen and oxygen atoms in total. The first-order chi connectivity index (χ1) is 10.2. The Balaban J connectivity index is 2.74. The van der Waals surface area contributed by atoms with Crippen molar-refractivity contribution in [2.75, 3.05) is 38.6 Å². The molecule has 0 atom stereocenters. The number of hydrogen-bond donors (Lipinski definition) is 1. The summed E-state index contributed by atoms with van der Waals surface area (Å²) in [7, 11) is 0. The normalized spacial score (nSPS) is 10.9. The number of nitrogens with zero attached hydrogens (tertiary/aromatic N) is 1. The quantitative estimate of drug-likeness (QED) is 0.672. The molecule has 0 aromatic heterocycles. The lowest BCUT2D eigenvalue weighted by molar-refractivity contribution is 0.288. The second-order valence-corrected chi connectivity index (χ2v) is 5.01. The van der Waals surface area contributed by atoms with Gasteiger partial charge in [-0.25, -0.2) is 0 Å². The van der Waals surface area contributed by atoms with E-state index in [1.165, 1.54) is 5.56 Å². The van der Waals surface area contributed by atoms with Crippen molar-refractivity contribution >= 4 is 5.69 Å². The minimum Gasteiger partial charge on any atom is -0.490 e. The Morgan fingerprint density at radius 3 is 2.24 bits per heavy atom. The lowest BCUT2D eigenvalue weighted by Gasteiger charge is -2.18. The van der Waals surface area contributed by atoms with Crippen LogP contribution in [0.3, 0.4) is 0 Å². The highest BCUT2D eigenvalue weighted by Gasteiger charge is 2.11. The van der Waals surface area contributed by atoms with Gasteiger partial charge in [-0.15, -0.1) is 0 Å². The molecule has 0 spiro atoms. The lowest BCUT2D eigenvalue weighted by atomic mass is 10.1. The van der Waals surface area contributed by atoms with Crippen LogP contribution in [0, 0.1) is 0 Å². The molecule has 21 heavy (non-hydrogen) atoms. The summed E-state index contributed by atoms with van der Waals surface area (Å²) < 4.78 is 11.3. The van der Waals surface area contributed by atoms with Gasteiger partial charge in [-0.1, -0.05) is 13.8 Å². The standard InChI is InChI=1S/C17H30N2O2/c1-5-19(6-2)11-9-10-14-12-15(18)17(21-8-4)16(13-14)20-7-3/h12-13H,5-11,18H2,1-4H3. The first-order valence-corrected chi connectivity index (χ1v) is 8.06. The molecular weight excluding hydrogens is 264 g/mol. The Morgan fingerprint density at radius 1 is 1.00 bits per heavy atom. The summed E-state index contributed by atoms with van der Waals surface area (Å²) in [5.74, 6) is 1.43. The largest absolute Gasteiger partial charge is 0.490 e. The van der Waals surface area contributed by atoms with E-state index in [1.54, 1.807) is 0 Å². The molecule has 0 aliphatic heterocycles. The van der Waals surface area contributed by atoms with E-state index in [1.807, 2.05) is 19.9 Å². The number of ether oxygens (including phenoxy) is 2. The summed E-state index contributed by atoms with van der Waals surface area (Å²) in [5.41, 5.74) is 7.99. The fourth-order valence-electron chi connectivity index (χ4n) is 2.44. The number of rotatable bonds is 10. The average Bonchev–Trinajstić information content (AvgIpc) is 2.47. The first kappa shape index (κ1) is 17.6. The summed E-state index contributed by atoms with van der Waals surface area (Å²) in [5, 5.41) is 0. The fraction of sp³-hybridized carbons (Fsp3) is 0.647. The number of nitrogen functional groups attached to an aromatic ring is 1. The number of nitrogens with two attached hydrogens (primary N) is 1. The molecule has 0 heterocycles. The van der Waals surface area contributed by atoms with E-state index in [0.717, 1.165) is 38.2 Å². The zero-order chi connectivity index (χ0) is 15.7. The second-order valence-electron chi connectivity index (χ2n) is 5.01. The van der Waals surface area contributed by atoms with Gasteiger partial charge in [0.15, 0.2) is 11.5 Å². The molecule has 0 bridgehead atoms. The zero-order valence-corrected chi connectivity index (χ0v) is 13.9. The van der Waals surface area contributed by atoms with Crippen LogP contribution in [-0.2, 0) is 6.42 Å². The van der Waals surface area contributed by atoms with Crippen molar-refractivity contribution in [2.45, 2.75) is 40.5 Å². The van der Waals surface area contributed by atoms with E-state index >= 15 is 0 Å². The molecule has 1 aromatic rings. The summed E-state index contributed by atoms with van der Waals surface area (Å²) in [6, 6.07) is 4.07. The van der Waals surface area contributed by atoms with Gasteiger partial charge in [-0.3, -0.25) is 0 Å². The van der Waals surface area contributed by atoms with Crippen LogP contribution in [0.4, 0.5) is 5.69 Å². The molecule has 1 aromatic carbocycles. The SMILES string of the molecule is CCOc1cc(CCCN(CC)CC)cc(N)c1OCC. The van der Waals surface area contributed by atoms with Crippen LogP contribution >= 0.6 is 0 Å². The van der Waals surface area contributed by atoms with Crippen molar-refractivity contribution in [3.63, 3.8) is 0 Å². The maximum Gasteiger partial charge on any atom is 0.184 e. The third kappa shape index (κ3) is 5.46. The van der Waals surface area contributed by atoms with Crippen molar-refractivity contribution < 1.29 is 9.47 Å². The van der Waals surface area contributed by atoms with Crippen molar-refractivity contribution in [1.29, 1.82) is 0 Å². The molecule has 4 heteroatoms.